The molecule has 4 saturated carbocycles. The fourth-order valence-corrected chi connectivity index (χ4v) is 7.29. The molecule has 4 bridgehead atoms. The summed E-state index contributed by atoms with van der Waals surface area (Å²) >= 11 is 0. The van der Waals surface area contributed by atoms with E-state index in [9.17, 15) is 14.0 Å². The zero-order valence-corrected chi connectivity index (χ0v) is 21.4. The third kappa shape index (κ3) is 4.50. The van der Waals surface area contributed by atoms with Crippen molar-refractivity contribution in [1.29, 1.82) is 0 Å². The van der Waals surface area contributed by atoms with Gasteiger partial charge in [0, 0.05) is 6.42 Å². The van der Waals surface area contributed by atoms with Crippen LogP contribution in [0.3, 0.4) is 0 Å². The number of halogens is 1. The molecule has 0 amide bonds. The highest BCUT2D eigenvalue weighted by Crippen LogP contribution is 2.57. The van der Waals surface area contributed by atoms with Crippen LogP contribution in [-0.4, -0.2) is 62.3 Å². The number of hydrogen-bond donors (Lipinski definition) is 1. The van der Waals surface area contributed by atoms with Crippen LogP contribution in [-0.2, 0) is 23.7 Å². The van der Waals surface area contributed by atoms with Gasteiger partial charge in [-0.05, 0) is 70.1 Å². The number of nitrogen functional groups attached to an aromatic ring is 1. The van der Waals surface area contributed by atoms with Crippen molar-refractivity contribution in [2.75, 3.05) is 18.9 Å². The molecule has 1 saturated heterocycles. The molecule has 13 heteroatoms. The Kier molecular flexibility index (Phi) is 6.08. The third-order valence-electron chi connectivity index (χ3n) is 8.49. The number of rotatable bonds is 6. The van der Waals surface area contributed by atoms with E-state index in [1.165, 1.54) is 30.2 Å². The van der Waals surface area contributed by atoms with E-state index >= 15 is 0 Å². The minimum Gasteiger partial charge on any atom is -0.435 e. The van der Waals surface area contributed by atoms with Gasteiger partial charge in [-0.25, -0.2) is 14.6 Å². The molecule has 1 aliphatic heterocycles. The molecule has 38 heavy (non-hydrogen) atoms. The molecule has 0 aromatic carbocycles. The fourth-order valence-electron chi connectivity index (χ4n) is 7.29. The van der Waals surface area contributed by atoms with E-state index < -0.39 is 41.9 Å². The predicted octanol–water partition coefficient (Wildman–Crippen LogP) is 3.89. The van der Waals surface area contributed by atoms with Crippen LogP contribution in [0.2, 0.25) is 0 Å². The summed E-state index contributed by atoms with van der Waals surface area (Å²) in [6.45, 7) is 3.21. The normalized spacial score (nSPS) is 35.4. The molecule has 7 rings (SSSR count). The van der Waals surface area contributed by atoms with E-state index in [4.69, 9.17) is 29.4 Å². The summed E-state index contributed by atoms with van der Waals surface area (Å²) in [7, 11) is 0. The van der Waals surface area contributed by atoms with E-state index in [0.717, 1.165) is 19.3 Å². The van der Waals surface area contributed by atoms with E-state index in [0.29, 0.717) is 17.8 Å². The average molecular weight is 534 g/mol. The monoisotopic (exact) mass is 533 g/mol. The minimum absolute atomic E-state index is 0.109. The maximum atomic E-state index is 13.9. The number of carbonyl (C=O) groups excluding carboxylic acids is 2. The molecule has 4 aliphatic carbocycles. The third-order valence-corrected chi connectivity index (χ3v) is 8.49. The van der Waals surface area contributed by atoms with Gasteiger partial charge in [-0.3, -0.25) is 4.57 Å². The first-order valence-electron chi connectivity index (χ1n) is 13.2. The van der Waals surface area contributed by atoms with Crippen molar-refractivity contribution >= 4 is 29.3 Å². The van der Waals surface area contributed by atoms with Gasteiger partial charge >= 0.3 is 18.4 Å². The highest BCUT2D eigenvalue weighted by Gasteiger charge is 2.54. The SMILES string of the molecule is CCOC(=O)O[C@H]1C[C@H](n2cnc3c(N)nc(F)nc32)O[C@]1(C)COC(=O)OC12CC3CC(CC(C3)C1)C2. The number of imidazole rings is 1. The maximum absolute atomic E-state index is 13.9. The second-order valence-electron chi connectivity index (χ2n) is 11.4. The smallest absolute Gasteiger partial charge is 0.435 e. The average Bonchev–Trinajstić information content (AvgIpc) is 3.38. The lowest BCUT2D eigenvalue weighted by Crippen LogP contribution is -2.53. The molecule has 12 nitrogen and oxygen atoms in total. The second-order valence-corrected chi connectivity index (χ2v) is 11.4. The van der Waals surface area contributed by atoms with Gasteiger partial charge in [0.2, 0.25) is 0 Å². The number of ether oxygens (including phenoxy) is 5. The van der Waals surface area contributed by atoms with Gasteiger partial charge in [0.15, 0.2) is 17.0 Å². The van der Waals surface area contributed by atoms with Gasteiger partial charge in [0.1, 0.15) is 30.1 Å². The van der Waals surface area contributed by atoms with Crippen molar-refractivity contribution in [3.8, 4) is 0 Å². The molecule has 2 N–H and O–H groups in total. The van der Waals surface area contributed by atoms with Crippen LogP contribution in [0.4, 0.5) is 19.8 Å². The lowest BCUT2D eigenvalue weighted by molar-refractivity contribution is -0.159. The zero-order valence-electron chi connectivity index (χ0n) is 21.4. The summed E-state index contributed by atoms with van der Waals surface area (Å²) in [6.07, 6.45) is 3.57. The number of hydrogen-bond acceptors (Lipinski definition) is 11. The van der Waals surface area contributed by atoms with E-state index in [1.54, 1.807) is 13.8 Å². The Hall–Kier alpha value is -3.22. The van der Waals surface area contributed by atoms with Crippen molar-refractivity contribution in [1.82, 2.24) is 19.5 Å². The summed E-state index contributed by atoms with van der Waals surface area (Å²) < 4.78 is 43.7. The standard InChI is InChI=1S/C25H32FN5O7/c1-3-34-22(32)36-16-7-17(31-12-28-18-19(27)29-21(26)30-20(18)31)37-24(16,2)11-35-23(33)38-25-8-13-4-14(9-25)6-15(5-13)10-25/h12-17H,3-11H2,1-2H3,(H2,27,29,30)/t13?,14?,15?,16-,17+,24+,25?/m0/s1. The van der Waals surface area contributed by atoms with Gasteiger partial charge in [-0.15, -0.1) is 0 Å². The van der Waals surface area contributed by atoms with Gasteiger partial charge in [0.25, 0.3) is 0 Å². The Morgan fingerprint density at radius 3 is 2.45 bits per heavy atom. The number of aromatic nitrogens is 4. The highest BCUT2D eigenvalue weighted by molar-refractivity contribution is 5.81. The minimum atomic E-state index is -1.26. The Morgan fingerprint density at radius 1 is 1.11 bits per heavy atom. The quantitative estimate of drug-likeness (QED) is 0.425. The van der Waals surface area contributed by atoms with Crippen molar-refractivity contribution in [2.45, 2.75) is 82.3 Å². The topological polar surface area (TPSA) is 150 Å². The number of nitrogens with zero attached hydrogens (tertiary/aromatic N) is 4. The maximum Gasteiger partial charge on any atom is 0.508 e. The van der Waals surface area contributed by atoms with Crippen LogP contribution in [0.5, 0.6) is 0 Å². The molecule has 2 aromatic heterocycles. The molecular weight excluding hydrogens is 501 g/mol. The van der Waals surface area contributed by atoms with Crippen LogP contribution in [0.1, 0.15) is 65.0 Å². The summed E-state index contributed by atoms with van der Waals surface area (Å²) in [5.41, 5.74) is 4.41. The van der Waals surface area contributed by atoms with Gasteiger partial charge < -0.3 is 29.4 Å². The summed E-state index contributed by atoms with van der Waals surface area (Å²) in [5.74, 6) is 1.73. The number of anilines is 1. The molecule has 0 radical (unpaired) electrons. The largest absolute Gasteiger partial charge is 0.508 e. The van der Waals surface area contributed by atoms with E-state index in [2.05, 4.69) is 15.0 Å². The zero-order chi connectivity index (χ0) is 26.7. The van der Waals surface area contributed by atoms with Crippen molar-refractivity contribution in [3.63, 3.8) is 0 Å². The molecule has 5 aliphatic rings. The second kappa shape index (κ2) is 9.21. The Bertz CT molecular complexity index is 1220. The van der Waals surface area contributed by atoms with Crippen LogP contribution in [0.15, 0.2) is 6.33 Å². The Balaban J connectivity index is 1.18. The highest BCUT2D eigenvalue weighted by atomic mass is 19.1. The van der Waals surface area contributed by atoms with Crippen LogP contribution >= 0.6 is 0 Å². The number of fused-ring (bicyclic) bond motifs is 1. The molecule has 0 unspecified atom stereocenters. The molecule has 3 atom stereocenters. The molecular formula is C25H32FN5O7. The number of nitrogens with two attached hydrogens (primary N) is 1. The summed E-state index contributed by atoms with van der Waals surface area (Å²) in [6, 6.07) is 0. The first kappa shape index (κ1) is 25.1. The van der Waals surface area contributed by atoms with Gasteiger partial charge in [-0.2, -0.15) is 14.4 Å². The van der Waals surface area contributed by atoms with E-state index in [-0.39, 0.29) is 36.6 Å². The molecule has 5 fully saturated rings. The lowest BCUT2D eigenvalue weighted by Gasteiger charge is -2.55. The first-order chi connectivity index (χ1) is 18.1. The van der Waals surface area contributed by atoms with Crippen molar-refractivity contribution in [3.05, 3.63) is 12.4 Å². The molecule has 0 spiro atoms. The Morgan fingerprint density at radius 2 is 1.79 bits per heavy atom. The van der Waals surface area contributed by atoms with E-state index in [1.807, 2.05) is 0 Å². The van der Waals surface area contributed by atoms with Gasteiger partial charge in [-0.1, -0.05) is 0 Å². The van der Waals surface area contributed by atoms with Crippen LogP contribution in [0.25, 0.3) is 11.2 Å². The molecule has 3 heterocycles. The Labute approximate surface area is 218 Å². The van der Waals surface area contributed by atoms with Crippen molar-refractivity contribution in [2.24, 2.45) is 17.8 Å². The summed E-state index contributed by atoms with van der Waals surface area (Å²) in [4.78, 5) is 36.6. The van der Waals surface area contributed by atoms with Crippen LogP contribution in [0, 0.1) is 23.8 Å². The van der Waals surface area contributed by atoms with Gasteiger partial charge in [0.05, 0.1) is 12.9 Å². The predicted molar refractivity (Wildman–Crippen MR) is 128 cm³/mol. The fraction of sp³-hybridized carbons (Fsp3) is 0.720. The summed E-state index contributed by atoms with van der Waals surface area (Å²) in [5, 5.41) is 0. The van der Waals surface area contributed by atoms with Crippen LogP contribution < -0.4 is 5.73 Å². The van der Waals surface area contributed by atoms with Crippen molar-refractivity contribution < 1.29 is 37.7 Å². The lowest BCUT2D eigenvalue weighted by atomic mass is 9.54. The number of carbonyl (C=O) groups is 2. The first-order valence-corrected chi connectivity index (χ1v) is 13.2. The molecule has 2 aromatic rings. The molecule has 206 valence electrons.